The van der Waals surface area contributed by atoms with Crippen molar-refractivity contribution in [2.24, 2.45) is 11.7 Å². The summed E-state index contributed by atoms with van der Waals surface area (Å²) in [5.74, 6) is 0.305. The summed E-state index contributed by atoms with van der Waals surface area (Å²) in [7, 11) is 0. The number of nitrogens with one attached hydrogen (secondary N) is 1. The molecule has 5 nitrogen and oxygen atoms in total. The van der Waals surface area contributed by atoms with Crippen molar-refractivity contribution in [3.05, 3.63) is 0 Å². The summed E-state index contributed by atoms with van der Waals surface area (Å²) in [5.41, 5.74) is 5.46. The zero-order valence-electron chi connectivity index (χ0n) is 14.1. The minimum Gasteiger partial charge on any atom is -0.356 e. The first-order valence-electron chi connectivity index (χ1n) is 8.94. The topological polar surface area (TPSA) is 75.4 Å². The fraction of sp³-hybridized carbons (Fsp3) is 0.882. The molecule has 1 unspecified atom stereocenters. The van der Waals surface area contributed by atoms with E-state index in [1.807, 2.05) is 4.90 Å². The third-order valence-electron chi connectivity index (χ3n) is 4.32. The predicted octanol–water partition coefficient (Wildman–Crippen LogP) is 2.05. The Morgan fingerprint density at radius 2 is 1.95 bits per heavy atom. The number of nitrogens with zero attached hydrogens (tertiary/aromatic N) is 1. The van der Waals surface area contributed by atoms with Gasteiger partial charge in [-0.1, -0.05) is 26.2 Å². The molecule has 0 bridgehead atoms. The van der Waals surface area contributed by atoms with Crippen molar-refractivity contribution >= 4 is 11.8 Å². The molecule has 0 aromatic heterocycles. The number of unbranched alkanes of at least 4 members (excludes halogenated alkanes) is 4. The molecule has 1 heterocycles. The molecule has 1 fully saturated rings. The first kappa shape index (κ1) is 18.9. The van der Waals surface area contributed by atoms with Crippen LogP contribution in [0.5, 0.6) is 0 Å². The molecule has 1 aliphatic rings. The van der Waals surface area contributed by atoms with Crippen LogP contribution in [-0.4, -0.2) is 42.9 Å². The molecule has 1 saturated heterocycles. The largest absolute Gasteiger partial charge is 0.356 e. The summed E-state index contributed by atoms with van der Waals surface area (Å²) in [5, 5.41) is 2.99. The van der Waals surface area contributed by atoms with Crippen LogP contribution in [0.4, 0.5) is 0 Å². The van der Waals surface area contributed by atoms with Gasteiger partial charge < -0.3 is 16.0 Å². The summed E-state index contributed by atoms with van der Waals surface area (Å²) in [4.78, 5) is 26.2. The highest BCUT2D eigenvalue weighted by molar-refractivity contribution is 5.81. The highest BCUT2D eigenvalue weighted by Crippen LogP contribution is 2.18. The standard InChI is InChI=1S/C17H33N3O2/c1-2-3-12-19-17(22)15-9-8-13-20(14-15)16(21)10-6-4-5-7-11-18/h15H,2-14,18H2,1H3,(H,19,22). The van der Waals surface area contributed by atoms with E-state index in [1.165, 1.54) is 0 Å². The van der Waals surface area contributed by atoms with Gasteiger partial charge in [-0.05, 0) is 38.6 Å². The van der Waals surface area contributed by atoms with Crippen LogP contribution in [0.15, 0.2) is 0 Å². The Kier molecular flexibility index (Phi) is 9.87. The van der Waals surface area contributed by atoms with Crippen LogP contribution in [0.2, 0.25) is 0 Å². The first-order valence-corrected chi connectivity index (χ1v) is 8.94. The number of hydrogen-bond acceptors (Lipinski definition) is 3. The molecule has 1 atom stereocenters. The molecular weight excluding hydrogens is 278 g/mol. The zero-order valence-corrected chi connectivity index (χ0v) is 14.1. The number of likely N-dealkylation sites (tertiary alicyclic amines) is 1. The molecule has 128 valence electrons. The second-order valence-electron chi connectivity index (χ2n) is 6.28. The third kappa shape index (κ3) is 7.25. The Morgan fingerprint density at radius 3 is 2.68 bits per heavy atom. The number of rotatable bonds is 10. The number of nitrogens with two attached hydrogens (primary N) is 1. The second kappa shape index (κ2) is 11.5. The predicted molar refractivity (Wildman–Crippen MR) is 89.4 cm³/mol. The van der Waals surface area contributed by atoms with Crippen LogP contribution < -0.4 is 11.1 Å². The van der Waals surface area contributed by atoms with Gasteiger partial charge in [0.05, 0.1) is 5.92 Å². The summed E-state index contributed by atoms with van der Waals surface area (Å²) in [6, 6.07) is 0. The smallest absolute Gasteiger partial charge is 0.224 e. The van der Waals surface area contributed by atoms with Gasteiger partial charge in [0, 0.05) is 26.1 Å². The summed E-state index contributed by atoms with van der Waals surface area (Å²) in [6.07, 6.45) is 8.69. The Morgan fingerprint density at radius 1 is 1.18 bits per heavy atom. The fourth-order valence-corrected chi connectivity index (χ4v) is 2.88. The SMILES string of the molecule is CCCCNC(=O)C1CCCN(C(=O)CCCCCCN)C1. The van der Waals surface area contributed by atoms with Crippen molar-refractivity contribution in [1.82, 2.24) is 10.2 Å². The van der Waals surface area contributed by atoms with E-state index in [1.54, 1.807) is 0 Å². The Hall–Kier alpha value is -1.10. The molecule has 0 aromatic carbocycles. The van der Waals surface area contributed by atoms with E-state index in [-0.39, 0.29) is 17.7 Å². The number of amides is 2. The number of carbonyl (C=O) groups is 2. The molecular formula is C17H33N3O2. The minimum atomic E-state index is -0.0215. The van der Waals surface area contributed by atoms with Crippen molar-refractivity contribution in [3.8, 4) is 0 Å². The van der Waals surface area contributed by atoms with E-state index in [9.17, 15) is 9.59 Å². The Balaban J connectivity index is 2.26. The molecule has 1 aliphatic heterocycles. The van der Waals surface area contributed by atoms with Crippen LogP contribution in [-0.2, 0) is 9.59 Å². The quantitative estimate of drug-likeness (QED) is 0.606. The van der Waals surface area contributed by atoms with Gasteiger partial charge in [-0.3, -0.25) is 9.59 Å². The van der Waals surface area contributed by atoms with Crippen molar-refractivity contribution in [1.29, 1.82) is 0 Å². The van der Waals surface area contributed by atoms with Crippen LogP contribution >= 0.6 is 0 Å². The Labute approximate surface area is 135 Å². The maximum absolute atomic E-state index is 12.2. The van der Waals surface area contributed by atoms with Crippen LogP contribution in [0.3, 0.4) is 0 Å². The van der Waals surface area contributed by atoms with Crippen LogP contribution in [0, 0.1) is 5.92 Å². The van der Waals surface area contributed by atoms with E-state index >= 15 is 0 Å². The van der Waals surface area contributed by atoms with E-state index in [0.717, 1.165) is 71.0 Å². The molecule has 5 heteroatoms. The van der Waals surface area contributed by atoms with Gasteiger partial charge in [0.25, 0.3) is 0 Å². The van der Waals surface area contributed by atoms with Gasteiger partial charge in [0.15, 0.2) is 0 Å². The maximum Gasteiger partial charge on any atom is 0.224 e. The molecule has 0 radical (unpaired) electrons. The number of carbonyl (C=O) groups excluding carboxylic acids is 2. The molecule has 1 rings (SSSR count). The summed E-state index contributed by atoms with van der Waals surface area (Å²) in [6.45, 7) is 5.00. The average molecular weight is 311 g/mol. The van der Waals surface area contributed by atoms with E-state index in [4.69, 9.17) is 5.73 Å². The molecule has 3 N–H and O–H groups in total. The van der Waals surface area contributed by atoms with E-state index in [0.29, 0.717) is 13.0 Å². The number of piperidine rings is 1. The first-order chi connectivity index (χ1) is 10.7. The van der Waals surface area contributed by atoms with Crippen LogP contribution in [0.1, 0.15) is 64.7 Å². The van der Waals surface area contributed by atoms with Gasteiger partial charge in [0.2, 0.25) is 11.8 Å². The molecule has 0 spiro atoms. The van der Waals surface area contributed by atoms with Crippen molar-refractivity contribution in [2.75, 3.05) is 26.2 Å². The minimum absolute atomic E-state index is 0.0215. The van der Waals surface area contributed by atoms with E-state index < -0.39 is 0 Å². The van der Waals surface area contributed by atoms with Gasteiger partial charge in [-0.2, -0.15) is 0 Å². The maximum atomic E-state index is 12.2. The average Bonchev–Trinajstić information content (AvgIpc) is 2.54. The zero-order chi connectivity index (χ0) is 16.2. The molecule has 0 aromatic rings. The molecule has 0 aliphatic carbocycles. The monoisotopic (exact) mass is 311 g/mol. The highest BCUT2D eigenvalue weighted by atomic mass is 16.2. The lowest BCUT2D eigenvalue weighted by molar-refractivity contribution is -0.135. The molecule has 0 saturated carbocycles. The summed E-state index contributed by atoms with van der Waals surface area (Å²) < 4.78 is 0. The van der Waals surface area contributed by atoms with Crippen molar-refractivity contribution in [2.45, 2.75) is 64.7 Å². The Bertz CT molecular complexity index is 334. The molecule has 22 heavy (non-hydrogen) atoms. The highest BCUT2D eigenvalue weighted by Gasteiger charge is 2.27. The van der Waals surface area contributed by atoms with Crippen molar-refractivity contribution < 1.29 is 9.59 Å². The van der Waals surface area contributed by atoms with Gasteiger partial charge >= 0.3 is 0 Å². The third-order valence-corrected chi connectivity index (χ3v) is 4.32. The van der Waals surface area contributed by atoms with Gasteiger partial charge in [-0.25, -0.2) is 0 Å². The summed E-state index contributed by atoms with van der Waals surface area (Å²) >= 11 is 0. The lowest BCUT2D eigenvalue weighted by atomic mass is 9.96. The van der Waals surface area contributed by atoms with E-state index in [2.05, 4.69) is 12.2 Å². The van der Waals surface area contributed by atoms with Gasteiger partial charge in [-0.15, -0.1) is 0 Å². The second-order valence-corrected chi connectivity index (χ2v) is 6.28. The van der Waals surface area contributed by atoms with Crippen molar-refractivity contribution in [3.63, 3.8) is 0 Å². The van der Waals surface area contributed by atoms with Crippen LogP contribution in [0.25, 0.3) is 0 Å². The normalized spacial score (nSPS) is 18.3. The fourth-order valence-electron chi connectivity index (χ4n) is 2.88. The lowest BCUT2D eigenvalue weighted by Crippen LogP contribution is -2.45. The lowest BCUT2D eigenvalue weighted by Gasteiger charge is -2.32. The number of hydrogen-bond donors (Lipinski definition) is 2. The molecule has 2 amide bonds. The van der Waals surface area contributed by atoms with Gasteiger partial charge in [0.1, 0.15) is 0 Å².